The highest BCUT2D eigenvalue weighted by molar-refractivity contribution is 7.45. The molecular formula is C6H9N4O4P. The molecule has 0 atom stereocenters. The molecule has 1 aromatic heterocycles. The molecule has 0 aliphatic heterocycles. The molecule has 0 amide bonds. The zero-order valence-electron chi connectivity index (χ0n) is 7.40. The largest absolute Gasteiger partial charge is 0.466 e. The number of phosphoric acid groups is 1. The highest BCUT2D eigenvalue weighted by Crippen LogP contribution is 2.25. The number of aromatic nitrogens is 3. The molecule has 2 rings (SSSR count). The van der Waals surface area contributed by atoms with E-state index in [1.165, 1.54) is 0 Å². The number of rotatable bonds is 0. The van der Waals surface area contributed by atoms with Crippen molar-refractivity contribution in [2.24, 2.45) is 0 Å². The summed E-state index contributed by atoms with van der Waals surface area (Å²) in [6, 6.07) is 5.54. The molecular weight excluding hydrogens is 223 g/mol. The Morgan fingerprint density at radius 1 is 1.33 bits per heavy atom. The Balaban J connectivity index is 0.000000195. The molecule has 0 fully saturated rings. The van der Waals surface area contributed by atoms with Crippen LogP contribution >= 0.6 is 7.82 Å². The van der Waals surface area contributed by atoms with Gasteiger partial charge < -0.3 is 20.4 Å². The maximum atomic E-state index is 8.88. The van der Waals surface area contributed by atoms with Gasteiger partial charge in [-0.25, -0.2) is 4.57 Å². The quantitative estimate of drug-likeness (QED) is 0.307. The van der Waals surface area contributed by atoms with Crippen LogP contribution in [0, 0.1) is 0 Å². The van der Waals surface area contributed by atoms with Gasteiger partial charge in [0.15, 0.2) is 0 Å². The van der Waals surface area contributed by atoms with E-state index in [1.54, 1.807) is 6.07 Å². The molecule has 0 aliphatic carbocycles. The number of fused-ring (bicyclic) bond motifs is 1. The number of hydrogen-bond donors (Lipinski definition) is 5. The van der Waals surface area contributed by atoms with Crippen molar-refractivity contribution in [3.05, 3.63) is 18.2 Å². The predicted molar refractivity (Wildman–Crippen MR) is 52.6 cm³/mol. The van der Waals surface area contributed by atoms with E-state index >= 15 is 0 Å². The summed E-state index contributed by atoms with van der Waals surface area (Å²) in [5.41, 5.74) is 7.85. The van der Waals surface area contributed by atoms with E-state index in [9.17, 15) is 0 Å². The van der Waals surface area contributed by atoms with E-state index in [0.717, 1.165) is 11.0 Å². The second kappa shape index (κ2) is 4.37. The van der Waals surface area contributed by atoms with Gasteiger partial charge in [-0.1, -0.05) is 11.3 Å². The van der Waals surface area contributed by atoms with Gasteiger partial charge in [-0.2, -0.15) is 0 Å². The smallest absolute Gasteiger partial charge is 0.397 e. The number of aromatic amines is 1. The molecule has 1 aromatic carbocycles. The van der Waals surface area contributed by atoms with Crippen molar-refractivity contribution in [2.75, 3.05) is 5.73 Å². The van der Waals surface area contributed by atoms with Gasteiger partial charge in [-0.05, 0) is 12.1 Å². The summed E-state index contributed by atoms with van der Waals surface area (Å²) in [7, 11) is -4.64. The van der Waals surface area contributed by atoms with Gasteiger partial charge in [0.1, 0.15) is 5.52 Å². The number of H-pyrrole nitrogens is 1. The van der Waals surface area contributed by atoms with Gasteiger partial charge in [-0.3, -0.25) is 5.10 Å². The fourth-order valence-electron chi connectivity index (χ4n) is 0.892. The lowest BCUT2D eigenvalue weighted by atomic mass is 10.3. The standard InChI is InChI=1S/C6H6N4.H3O4P/c7-4-2-1-3-5-6(4)9-10-8-5;1-5(2,3)4/h1-3H,7H2,(H,8,9,10);(H3,1,2,3,4). The number of nitrogens with one attached hydrogen (secondary N) is 1. The molecule has 15 heavy (non-hydrogen) atoms. The van der Waals surface area contributed by atoms with Crippen LogP contribution < -0.4 is 5.73 Å². The Kier molecular flexibility index (Phi) is 3.38. The van der Waals surface area contributed by atoms with Gasteiger partial charge in [-0.15, -0.1) is 5.10 Å². The lowest BCUT2D eigenvalue weighted by Gasteiger charge is -1.89. The maximum Gasteiger partial charge on any atom is 0.466 e. The molecule has 0 aliphatic rings. The normalized spacial score (nSPS) is 10.9. The highest BCUT2D eigenvalue weighted by Gasteiger charge is 2.00. The molecule has 1 heterocycles. The lowest BCUT2D eigenvalue weighted by molar-refractivity contribution is 0.275. The Bertz CT molecular complexity index is 484. The van der Waals surface area contributed by atoms with Crippen LogP contribution in [0.4, 0.5) is 5.69 Å². The van der Waals surface area contributed by atoms with Crippen LogP contribution in [0.15, 0.2) is 18.2 Å². The van der Waals surface area contributed by atoms with Crippen molar-refractivity contribution in [1.29, 1.82) is 0 Å². The maximum absolute atomic E-state index is 8.88. The van der Waals surface area contributed by atoms with E-state index in [0.29, 0.717) is 5.69 Å². The Morgan fingerprint density at radius 3 is 2.47 bits per heavy atom. The Hall–Kier alpha value is -1.47. The second-order valence-electron chi connectivity index (χ2n) is 2.57. The lowest BCUT2D eigenvalue weighted by Crippen LogP contribution is -1.84. The molecule has 6 N–H and O–H groups in total. The average Bonchev–Trinajstić information content (AvgIpc) is 2.49. The van der Waals surface area contributed by atoms with Crippen molar-refractivity contribution >= 4 is 24.5 Å². The van der Waals surface area contributed by atoms with E-state index in [1.807, 2.05) is 12.1 Å². The molecule has 8 nitrogen and oxygen atoms in total. The minimum absolute atomic E-state index is 0.659. The molecule has 0 radical (unpaired) electrons. The molecule has 82 valence electrons. The third-order valence-electron chi connectivity index (χ3n) is 1.39. The van der Waals surface area contributed by atoms with Crippen molar-refractivity contribution in [3.8, 4) is 0 Å². The molecule has 2 aromatic rings. The van der Waals surface area contributed by atoms with Gasteiger partial charge >= 0.3 is 7.82 Å². The number of nitrogens with zero attached hydrogens (tertiary/aromatic N) is 2. The van der Waals surface area contributed by atoms with Crippen molar-refractivity contribution < 1.29 is 19.2 Å². The fraction of sp³-hybridized carbons (Fsp3) is 0. The van der Waals surface area contributed by atoms with Crippen LogP contribution in [0.5, 0.6) is 0 Å². The summed E-state index contributed by atoms with van der Waals surface area (Å²) in [6.45, 7) is 0. The number of nitrogen functional groups attached to an aromatic ring is 1. The van der Waals surface area contributed by atoms with E-state index in [2.05, 4.69) is 15.4 Å². The minimum atomic E-state index is -4.64. The Labute approximate surface area is 84.0 Å². The van der Waals surface area contributed by atoms with Crippen molar-refractivity contribution in [1.82, 2.24) is 15.4 Å². The summed E-state index contributed by atoms with van der Waals surface area (Å²) >= 11 is 0. The third-order valence-corrected chi connectivity index (χ3v) is 1.39. The number of anilines is 1. The molecule has 0 bridgehead atoms. The van der Waals surface area contributed by atoms with Gasteiger partial charge in [0.05, 0.1) is 11.2 Å². The number of benzene rings is 1. The highest BCUT2D eigenvalue weighted by atomic mass is 31.2. The zero-order chi connectivity index (χ0) is 11.5. The summed E-state index contributed by atoms with van der Waals surface area (Å²) in [5, 5.41) is 10.1. The molecule has 0 spiro atoms. The SMILES string of the molecule is Nc1cccc2[nH]nnc12.O=P(O)(O)O. The molecule has 9 heteroatoms. The zero-order valence-corrected chi connectivity index (χ0v) is 8.30. The minimum Gasteiger partial charge on any atom is -0.397 e. The monoisotopic (exact) mass is 232 g/mol. The summed E-state index contributed by atoms with van der Waals surface area (Å²) in [4.78, 5) is 21.6. The second-order valence-corrected chi connectivity index (χ2v) is 3.60. The average molecular weight is 232 g/mol. The topological polar surface area (TPSA) is 145 Å². The van der Waals surface area contributed by atoms with Crippen LogP contribution in [0.3, 0.4) is 0 Å². The van der Waals surface area contributed by atoms with Gasteiger partial charge in [0.25, 0.3) is 0 Å². The fourth-order valence-corrected chi connectivity index (χ4v) is 0.892. The molecule has 0 saturated carbocycles. The number of hydrogen-bond acceptors (Lipinski definition) is 4. The predicted octanol–water partition coefficient (Wildman–Crippen LogP) is -0.389. The first-order chi connectivity index (χ1) is 6.88. The van der Waals surface area contributed by atoms with Crippen LogP contribution in [0.25, 0.3) is 11.0 Å². The van der Waals surface area contributed by atoms with Crippen molar-refractivity contribution in [3.63, 3.8) is 0 Å². The summed E-state index contributed by atoms with van der Waals surface area (Å²) < 4.78 is 8.88. The first-order valence-corrected chi connectivity index (χ1v) is 5.28. The van der Waals surface area contributed by atoms with Crippen LogP contribution in [-0.2, 0) is 4.57 Å². The van der Waals surface area contributed by atoms with Crippen LogP contribution in [0.2, 0.25) is 0 Å². The first kappa shape index (κ1) is 11.6. The first-order valence-electron chi connectivity index (χ1n) is 3.71. The van der Waals surface area contributed by atoms with Gasteiger partial charge in [0.2, 0.25) is 0 Å². The molecule has 0 saturated heterocycles. The van der Waals surface area contributed by atoms with E-state index in [4.69, 9.17) is 25.0 Å². The summed E-state index contributed by atoms with van der Waals surface area (Å²) in [6.07, 6.45) is 0. The Morgan fingerprint density at radius 2 is 1.93 bits per heavy atom. The van der Waals surface area contributed by atoms with Crippen molar-refractivity contribution in [2.45, 2.75) is 0 Å². The third kappa shape index (κ3) is 4.05. The van der Waals surface area contributed by atoms with Crippen LogP contribution in [0.1, 0.15) is 0 Å². The van der Waals surface area contributed by atoms with Crippen LogP contribution in [-0.4, -0.2) is 30.1 Å². The number of nitrogens with two attached hydrogens (primary N) is 1. The van der Waals surface area contributed by atoms with E-state index < -0.39 is 7.82 Å². The molecule has 0 unspecified atom stereocenters. The summed E-state index contributed by atoms with van der Waals surface area (Å²) in [5.74, 6) is 0. The van der Waals surface area contributed by atoms with Gasteiger partial charge in [0, 0.05) is 0 Å². The van der Waals surface area contributed by atoms with E-state index in [-0.39, 0.29) is 0 Å².